The summed E-state index contributed by atoms with van der Waals surface area (Å²) in [5.41, 5.74) is 6.71. The van der Waals surface area contributed by atoms with Crippen LogP contribution in [0.4, 0.5) is 0 Å². The van der Waals surface area contributed by atoms with Gasteiger partial charge in [0.05, 0.1) is 19.3 Å². The standard InChI is InChI=1S/C18H23NO6/c1-23-18(22)13-6-4-12(5-7-13)14-10-15(17(19)21)25-16(11-14)24-9-3-2-8-20/h4-7,10,14,16,20H,2-3,8-9,11H2,1H3,(H2,19,21)/t14-,16+/m0/s1. The first-order chi connectivity index (χ1) is 12.0. The van der Waals surface area contributed by atoms with Crippen molar-refractivity contribution in [1.82, 2.24) is 0 Å². The van der Waals surface area contributed by atoms with Crippen LogP contribution in [0.2, 0.25) is 0 Å². The number of primary amides is 1. The van der Waals surface area contributed by atoms with Crippen LogP contribution in [0.25, 0.3) is 0 Å². The first kappa shape index (κ1) is 19.0. The Labute approximate surface area is 146 Å². The van der Waals surface area contributed by atoms with E-state index in [4.69, 9.17) is 20.3 Å². The minimum atomic E-state index is -0.653. The maximum absolute atomic E-state index is 11.5. The number of unbranched alkanes of at least 4 members (excludes halogenated alkanes) is 1. The van der Waals surface area contributed by atoms with Gasteiger partial charge in [0.1, 0.15) is 0 Å². The zero-order chi connectivity index (χ0) is 18.2. The highest BCUT2D eigenvalue weighted by atomic mass is 16.7. The number of aliphatic hydroxyl groups is 1. The maximum Gasteiger partial charge on any atom is 0.337 e. The Kier molecular flexibility index (Phi) is 6.97. The van der Waals surface area contributed by atoms with Crippen LogP contribution in [-0.2, 0) is 19.0 Å². The number of methoxy groups -OCH3 is 1. The first-order valence-corrected chi connectivity index (χ1v) is 8.14. The van der Waals surface area contributed by atoms with E-state index in [2.05, 4.69) is 4.74 Å². The third kappa shape index (κ3) is 5.30. The average Bonchev–Trinajstić information content (AvgIpc) is 2.64. The Bertz CT molecular complexity index is 625. The minimum Gasteiger partial charge on any atom is -0.465 e. The summed E-state index contributed by atoms with van der Waals surface area (Å²) in [4.78, 5) is 23.0. The number of nitrogens with two attached hydrogens (primary N) is 1. The second kappa shape index (κ2) is 9.19. The third-order valence-electron chi connectivity index (χ3n) is 3.92. The van der Waals surface area contributed by atoms with E-state index in [0.717, 1.165) is 5.56 Å². The summed E-state index contributed by atoms with van der Waals surface area (Å²) >= 11 is 0. The molecule has 0 aliphatic carbocycles. The number of carbonyl (C=O) groups is 2. The molecule has 136 valence electrons. The van der Waals surface area contributed by atoms with Gasteiger partial charge in [-0.1, -0.05) is 12.1 Å². The van der Waals surface area contributed by atoms with Gasteiger partial charge >= 0.3 is 5.97 Å². The van der Waals surface area contributed by atoms with Crippen LogP contribution in [0.3, 0.4) is 0 Å². The lowest BCUT2D eigenvalue weighted by Crippen LogP contribution is -2.29. The second-order valence-corrected chi connectivity index (χ2v) is 5.70. The van der Waals surface area contributed by atoms with Crippen molar-refractivity contribution < 1.29 is 28.9 Å². The Morgan fingerprint density at radius 1 is 1.28 bits per heavy atom. The Hall–Kier alpha value is -2.38. The molecule has 25 heavy (non-hydrogen) atoms. The number of ether oxygens (including phenoxy) is 3. The summed E-state index contributed by atoms with van der Waals surface area (Å²) in [5.74, 6) is -1.11. The number of carbonyl (C=O) groups excluding carboxylic acids is 2. The number of aliphatic hydroxyl groups excluding tert-OH is 1. The van der Waals surface area contributed by atoms with Crippen molar-refractivity contribution in [3.8, 4) is 0 Å². The number of hydrogen-bond donors (Lipinski definition) is 2. The van der Waals surface area contributed by atoms with E-state index in [9.17, 15) is 9.59 Å². The van der Waals surface area contributed by atoms with E-state index in [0.29, 0.717) is 31.4 Å². The molecule has 1 aliphatic heterocycles. The van der Waals surface area contributed by atoms with E-state index in [1.165, 1.54) is 7.11 Å². The quantitative estimate of drug-likeness (QED) is 0.543. The maximum atomic E-state index is 11.5. The van der Waals surface area contributed by atoms with Gasteiger partial charge in [0.2, 0.25) is 6.29 Å². The molecule has 1 aliphatic rings. The van der Waals surface area contributed by atoms with E-state index in [1.54, 1.807) is 30.3 Å². The van der Waals surface area contributed by atoms with Gasteiger partial charge in [0.15, 0.2) is 5.76 Å². The lowest BCUT2D eigenvalue weighted by molar-refractivity contribution is -0.144. The molecule has 0 fully saturated rings. The van der Waals surface area contributed by atoms with Crippen molar-refractivity contribution in [2.45, 2.75) is 31.5 Å². The smallest absolute Gasteiger partial charge is 0.337 e. The van der Waals surface area contributed by atoms with Crippen LogP contribution < -0.4 is 5.73 Å². The molecule has 2 atom stereocenters. The molecular formula is C18H23NO6. The molecule has 7 heteroatoms. The predicted molar refractivity (Wildman–Crippen MR) is 89.6 cm³/mol. The van der Waals surface area contributed by atoms with Gasteiger partial charge in [0, 0.05) is 18.9 Å². The molecule has 1 heterocycles. The topological polar surface area (TPSA) is 108 Å². The number of esters is 1. The largest absolute Gasteiger partial charge is 0.465 e. The lowest BCUT2D eigenvalue weighted by Gasteiger charge is -2.28. The number of rotatable bonds is 8. The van der Waals surface area contributed by atoms with Gasteiger partial charge in [-0.25, -0.2) is 4.79 Å². The average molecular weight is 349 g/mol. The van der Waals surface area contributed by atoms with Gasteiger partial charge in [-0.2, -0.15) is 0 Å². The van der Waals surface area contributed by atoms with Crippen molar-refractivity contribution in [3.63, 3.8) is 0 Å². The molecule has 0 spiro atoms. The van der Waals surface area contributed by atoms with E-state index < -0.39 is 18.2 Å². The van der Waals surface area contributed by atoms with Crippen molar-refractivity contribution in [3.05, 3.63) is 47.2 Å². The highest BCUT2D eigenvalue weighted by Gasteiger charge is 2.27. The lowest BCUT2D eigenvalue weighted by atomic mass is 9.92. The van der Waals surface area contributed by atoms with Crippen molar-refractivity contribution in [2.24, 2.45) is 5.73 Å². The normalized spacial score (nSPS) is 19.7. The minimum absolute atomic E-state index is 0.0699. The summed E-state index contributed by atoms with van der Waals surface area (Å²) in [5, 5.41) is 8.80. The van der Waals surface area contributed by atoms with Crippen LogP contribution in [0.1, 0.15) is 41.1 Å². The molecular weight excluding hydrogens is 326 g/mol. The van der Waals surface area contributed by atoms with Crippen molar-refractivity contribution in [1.29, 1.82) is 0 Å². The van der Waals surface area contributed by atoms with E-state index >= 15 is 0 Å². The molecule has 2 rings (SSSR count). The molecule has 0 saturated heterocycles. The molecule has 0 unspecified atom stereocenters. The Balaban J connectivity index is 2.10. The summed E-state index contributed by atoms with van der Waals surface area (Å²) in [6.07, 6.45) is 2.95. The molecule has 0 aromatic heterocycles. The number of amides is 1. The Morgan fingerprint density at radius 2 is 2.00 bits per heavy atom. The van der Waals surface area contributed by atoms with Crippen molar-refractivity contribution in [2.75, 3.05) is 20.3 Å². The first-order valence-electron chi connectivity index (χ1n) is 8.14. The molecule has 1 aromatic rings. The molecule has 1 aromatic carbocycles. The number of hydrogen-bond acceptors (Lipinski definition) is 6. The Morgan fingerprint density at radius 3 is 2.60 bits per heavy atom. The molecule has 0 bridgehead atoms. The predicted octanol–water partition coefficient (Wildman–Crippen LogP) is 1.46. The third-order valence-corrected chi connectivity index (χ3v) is 3.92. The molecule has 3 N–H and O–H groups in total. The van der Waals surface area contributed by atoms with Gasteiger partial charge < -0.3 is 25.1 Å². The fraction of sp³-hybridized carbons (Fsp3) is 0.444. The van der Waals surface area contributed by atoms with Crippen LogP contribution in [0.15, 0.2) is 36.1 Å². The van der Waals surface area contributed by atoms with Crippen LogP contribution >= 0.6 is 0 Å². The number of benzene rings is 1. The van der Waals surface area contributed by atoms with E-state index in [1.807, 2.05) is 0 Å². The number of allylic oxidation sites excluding steroid dienone is 1. The molecule has 1 amide bonds. The highest BCUT2D eigenvalue weighted by Crippen LogP contribution is 2.31. The highest BCUT2D eigenvalue weighted by molar-refractivity contribution is 5.90. The van der Waals surface area contributed by atoms with Gasteiger partial charge in [-0.15, -0.1) is 0 Å². The van der Waals surface area contributed by atoms with Gasteiger partial charge in [-0.3, -0.25) is 4.79 Å². The molecule has 0 radical (unpaired) electrons. The monoisotopic (exact) mass is 349 g/mol. The van der Waals surface area contributed by atoms with Crippen LogP contribution in [0.5, 0.6) is 0 Å². The van der Waals surface area contributed by atoms with Gasteiger partial charge in [-0.05, 0) is 36.6 Å². The van der Waals surface area contributed by atoms with E-state index in [-0.39, 0.29) is 18.3 Å². The van der Waals surface area contributed by atoms with Crippen LogP contribution in [-0.4, -0.2) is 43.6 Å². The summed E-state index contributed by atoms with van der Waals surface area (Å²) in [6.45, 7) is 0.530. The summed E-state index contributed by atoms with van der Waals surface area (Å²) < 4.78 is 15.8. The van der Waals surface area contributed by atoms with Crippen molar-refractivity contribution >= 4 is 11.9 Å². The zero-order valence-electron chi connectivity index (χ0n) is 14.1. The van der Waals surface area contributed by atoms with Crippen LogP contribution in [0, 0.1) is 0 Å². The summed E-state index contributed by atoms with van der Waals surface area (Å²) in [7, 11) is 1.33. The zero-order valence-corrected chi connectivity index (χ0v) is 14.1. The fourth-order valence-corrected chi connectivity index (χ4v) is 2.57. The molecule has 7 nitrogen and oxygen atoms in total. The van der Waals surface area contributed by atoms with Gasteiger partial charge in [0.25, 0.3) is 5.91 Å². The fourth-order valence-electron chi connectivity index (χ4n) is 2.57. The summed E-state index contributed by atoms with van der Waals surface area (Å²) in [6, 6.07) is 6.96. The molecule has 0 saturated carbocycles. The second-order valence-electron chi connectivity index (χ2n) is 5.70. The SMILES string of the molecule is COC(=O)c1ccc([C@H]2C=C(C(N)=O)O[C@@H](OCCCCO)C2)cc1.